The van der Waals surface area contributed by atoms with Gasteiger partial charge in [0.15, 0.2) is 5.13 Å². The summed E-state index contributed by atoms with van der Waals surface area (Å²) in [6.45, 7) is 1.75. The van der Waals surface area contributed by atoms with Crippen LogP contribution in [0.3, 0.4) is 0 Å². The molecule has 0 aliphatic carbocycles. The molecule has 1 unspecified atom stereocenters. The number of nitro groups is 1. The van der Waals surface area contributed by atoms with Crippen LogP contribution in [0.1, 0.15) is 22.2 Å². The number of nitro benzene ring substituents is 1. The Bertz CT molecular complexity index is 1870. The molecule has 2 aromatic heterocycles. The van der Waals surface area contributed by atoms with E-state index < -0.39 is 22.0 Å². The molecular formula is C32H25N5O5S3. The number of thiophene rings is 1. The van der Waals surface area contributed by atoms with Crippen LogP contribution in [0.2, 0.25) is 0 Å². The molecule has 45 heavy (non-hydrogen) atoms. The molecule has 5 aromatic rings. The summed E-state index contributed by atoms with van der Waals surface area (Å²) >= 11 is 3.95. The van der Waals surface area contributed by atoms with E-state index >= 15 is 0 Å². The molecule has 0 fully saturated rings. The number of hydrogen-bond acceptors (Lipinski definition) is 9. The van der Waals surface area contributed by atoms with Crippen LogP contribution in [0, 0.1) is 10.1 Å². The normalized spacial score (nSPS) is 11.8. The number of rotatable bonds is 11. The van der Waals surface area contributed by atoms with Crippen molar-refractivity contribution in [2.45, 2.75) is 17.1 Å². The van der Waals surface area contributed by atoms with Gasteiger partial charge in [-0.25, -0.2) is 4.98 Å². The Balaban J connectivity index is 1.22. The molecule has 0 radical (unpaired) electrons. The lowest BCUT2D eigenvalue weighted by Crippen LogP contribution is -2.30. The Hall–Kier alpha value is -5.11. The van der Waals surface area contributed by atoms with Gasteiger partial charge in [-0.15, -0.1) is 34.4 Å². The first-order valence-electron chi connectivity index (χ1n) is 13.5. The second-order valence-electron chi connectivity index (χ2n) is 9.47. The number of amides is 3. The fraction of sp³-hybridized carbons (Fsp3) is 0.0625. The van der Waals surface area contributed by atoms with Crippen molar-refractivity contribution in [1.29, 1.82) is 0 Å². The zero-order valence-electron chi connectivity index (χ0n) is 23.6. The summed E-state index contributed by atoms with van der Waals surface area (Å²) < 4.78 is 0. The monoisotopic (exact) mass is 655 g/mol. The molecule has 226 valence electrons. The maximum Gasteiger partial charge on any atom is 0.272 e. The minimum absolute atomic E-state index is 0.0405. The van der Waals surface area contributed by atoms with E-state index in [9.17, 15) is 24.5 Å². The van der Waals surface area contributed by atoms with Crippen molar-refractivity contribution >= 4 is 74.7 Å². The summed E-state index contributed by atoms with van der Waals surface area (Å²) in [6.07, 6.45) is 1.62. The number of non-ortho nitro benzene ring substituents is 1. The van der Waals surface area contributed by atoms with Crippen molar-refractivity contribution in [3.05, 3.63) is 128 Å². The molecule has 0 aliphatic heterocycles. The summed E-state index contributed by atoms with van der Waals surface area (Å²) in [5, 5.41) is 22.9. The van der Waals surface area contributed by atoms with Gasteiger partial charge in [-0.1, -0.05) is 42.5 Å². The Kier molecular flexibility index (Phi) is 10.1. The number of benzene rings is 3. The molecule has 0 bridgehead atoms. The number of nitrogens with one attached hydrogen (secondary N) is 3. The summed E-state index contributed by atoms with van der Waals surface area (Å²) in [5.41, 5.74) is 2.06. The van der Waals surface area contributed by atoms with Crippen molar-refractivity contribution in [2.24, 2.45) is 0 Å². The van der Waals surface area contributed by atoms with Crippen LogP contribution >= 0.6 is 34.4 Å². The molecule has 0 spiro atoms. The lowest BCUT2D eigenvalue weighted by molar-refractivity contribution is -0.384. The standard InChI is InChI=1S/C32H25N5O5S3/c1-20(29(38)36-32-35-28(19-44-32)22-10-5-12-24(16-22)37(41)42)45-26-13-6-11-23(17-26)33-31(40)27(18-25-14-7-15-43-25)34-30(39)21-8-3-2-4-9-21/h2-20H,1H3,(H,33,40)(H,34,39)(H,35,36,38)/b27-18-. The lowest BCUT2D eigenvalue weighted by Gasteiger charge is -2.13. The van der Waals surface area contributed by atoms with Crippen LogP contribution in [-0.4, -0.2) is 32.9 Å². The molecule has 0 saturated heterocycles. The molecule has 2 heterocycles. The SMILES string of the molecule is CC(Sc1cccc(NC(=O)/C(=C/c2cccs2)NC(=O)c2ccccc2)c1)C(=O)Nc1nc(-c2cccc([N+](=O)[O-])c2)cs1. The van der Waals surface area contributed by atoms with Crippen LogP contribution < -0.4 is 16.0 Å². The van der Waals surface area contributed by atoms with E-state index in [4.69, 9.17) is 0 Å². The van der Waals surface area contributed by atoms with Crippen LogP contribution in [0.25, 0.3) is 17.3 Å². The van der Waals surface area contributed by atoms with Crippen molar-refractivity contribution in [1.82, 2.24) is 10.3 Å². The van der Waals surface area contributed by atoms with E-state index in [1.165, 1.54) is 46.6 Å². The summed E-state index contributed by atoms with van der Waals surface area (Å²) in [4.78, 5) is 55.7. The van der Waals surface area contributed by atoms with Crippen LogP contribution in [0.15, 0.2) is 112 Å². The number of aromatic nitrogens is 1. The zero-order chi connectivity index (χ0) is 31.8. The molecule has 0 saturated carbocycles. The second kappa shape index (κ2) is 14.6. The van der Waals surface area contributed by atoms with Gasteiger partial charge in [0, 0.05) is 44.1 Å². The maximum absolute atomic E-state index is 13.3. The summed E-state index contributed by atoms with van der Waals surface area (Å²) in [6, 6.07) is 25.5. The van der Waals surface area contributed by atoms with Gasteiger partial charge < -0.3 is 16.0 Å². The lowest BCUT2D eigenvalue weighted by atomic mass is 10.1. The Morgan fingerprint density at radius 1 is 0.933 bits per heavy atom. The highest BCUT2D eigenvalue weighted by atomic mass is 32.2. The van der Waals surface area contributed by atoms with Gasteiger partial charge in [0.25, 0.3) is 17.5 Å². The van der Waals surface area contributed by atoms with Gasteiger partial charge in [-0.05, 0) is 54.8 Å². The average molecular weight is 656 g/mol. The number of nitrogens with zero attached hydrogens (tertiary/aromatic N) is 2. The smallest absolute Gasteiger partial charge is 0.272 e. The number of carbonyl (C=O) groups is 3. The van der Waals surface area contributed by atoms with Gasteiger partial charge in [0.1, 0.15) is 5.70 Å². The van der Waals surface area contributed by atoms with E-state index in [0.29, 0.717) is 27.6 Å². The Morgan fingerprint density at radius 2 is 1.73 bits per heavy atom. The number of thioether (sulfide) groups is 1. The maximum atomic E-state index is 13.3. The predicted octanol–water partition coefficient (Wildman–Crippen LogP) is 7.31. The highest BCUT2D eigenvalue weighted by Crippen LogP contribution is 2.30. The summed E-state index contributed by atoms with van der Waals surface area (Å²) in [7, 11) is 0. The molecule has 3 amide bonds. The van der Waals surface area contributed by atoms with E-state index in [0.717, 1.165) is 9.77 Å². The van der Waals surface area contributed by atoms with Gasteiger partial charge in [0.2, 0.25) is 5.91 Å². The van der Waals surface area contributed by atoms with Crippen molar-refractivity contribution in [3.8, 4) is 11.3 Å². The van der Waals surface area contributed by atoms with Gasteiger partial charge in [-0.3, -0.25) is 24.5 Å². The van der Waals surface area contributed by atoms with Crippen molar-refractivity contribution in [2.75, 3.05) is 10.6 Å². The van der Waals surface area contributed by atoms with E-state index in [1.54, 1.807) is 79.0 Å². The quantitative estimate of drug-likeness (QED) is 0.0586. The van der Waals surface area contributed by atoms with E-state index in [1.807, 2.05) is 23.6 Å². The minimum Gasteiger partial charge on any atom is -0.321 e. The van der Waals surface area contributed by atoms with Crippen LogP contribution in [-0.2, 0) is 9.59 Å². The van der Waals surface area contributed by atoms with Crippen LogP contribution in [0.4, 0.5) is 16.5 Å². The van der Waals surface area contributed by atoms with Crippen molar-refractivity contribution in [3.63, 3.8) is 0 Å². The molecule has 10 nitrogen and oxygen atoms in total. The first-order valence-corrected chi connectivity index (χ1v) is 16.1. The van der Waals surface area contributed by atoms with E-state index in [-0.39, 0.29) is 17.3 Å². The third-order valence-corrected chi connectivity index (χ3v) is 8.89. The largest absolute Gasteiger partial charge is 0.321 e. The molecule has 5 rings (SSSR count). The highest BCUT2D eigenvalue weighted by Gasteiger charge is 2.19. The molecule has 0 aliphatic rings. The number of thiazole rings is 1. The Morgan fingerprint density at radius 3 is 2.49 bits per heavy atom. The molecule has 13 heteroatoms. The molecule has 3 aromatic carbocycles. The molecule has 3 N–H and O–H groups in total. The first-order chi connectivity index (χ1) is 21.7. The zero-order valence-corrected chi connectivity index (χ0v) is 26.1. The third kappa shape index (κ3) is 8.50. The summed E-state index contributed by atoms with van der Waals surface area (Å²) in [5.74, 6) is -1.18. The minimum atomic E-state index is -0.513. The second-order valence-corrected chi connectivity index (χ2v) is 12.7. The Labute approximate surface area is 270 Å². The average Bonchev–Trinajstić information content (AvgIpc) is 3.74. The predicted molar refractivity (Wildman–Crippen MR) is 179 cm³/mol. The number of hydrogen-bond donors (Lipinski definition) is 3. The highest BCUT2D eigenvalue weighted by molar-refractivity contribution is 8.00. The van der Waals surface area contributed by atoms with Crippen molar-refractivity contribution < 1.29 is 19.3 Å². The van der Waals surface area contributed by atoms with Gasteiger partial charge in [0.05, 0.1) is 15.9 Å². The topological polar surface area (TPSA) is 143 Å². The van der Waals surface area contributed by atoms with E-state index in [2.05, 4.69) is 20.9 Å². The third-order valence-electron chi connectivity index (χ3n) is 6.22. The number of anilines is 2. The number of carbonyl (C=O) groups excluding carboxylic acids is 3. The van der Waals surface area contributed by atoms with Gasteiger partial charge in [-0.2, -0.15) is 0 Å². The molecular weight excluding hydrogens is 631 g/mol. The molecule has 1 atom stereocenters. The fourth-order valence-electron chi connectivity index (χ4n) is 4.01. The fourth-order valence-corrected chi connectivity index (χ4v) is 6.32. The first kappa shape index (κ1) is 31.3. The van der Waals surface area contributed by atoms with Crippen LogP contribution in [0.5, 0.6) is 0 Å². The van der Waals surface area contributed by atoms with Gasteiger partial charge >= 0.3 is 0 Å².